The summed E-state index contributed by atoms with van der Waals surface area (Å²) in [6.45, 7) is 5.26. The zero-order valence-electron chi connectivity index (χ0n) is 13.1. The highest BCUT2D eigenvalue weighted by Crippen LogP contribution is 2.29. The van der Waals surface area contributed by atoms with Gasteiger partial charge in [0.1, 0.15) is 11.6 Å². The lowest BCUT2D eigenvalue weighted by atomic mass is 9.90. The summed E-state index contributed by atoms with van der Waals surface area (Å²) in [4.78, 5) is 9.63. The third-order valence-corrected chi connectivity index (χ3v) is 4.13. The second-order valence-corrected chi connectivity index (χ2v) is 5.93. The smallest absolute Gasteiger partial charge is 0.134 e. The van der Waals surface area contributed by atoms with E-state index < -0.39 is 0 Å². The van der Waals surface area contributed by atoms with Gasteiger partial charge in [-0.1, -0.05) is 45.4 Å². The van der Waals surface area contributed by atoms with Gasteiger partial charge in [-0.05, 0) is 26.2 Å². The molecule has 0 bridgehead atoms. The van der Waals surface area contributed by atoms with Crippen LogP contribution in [0.2, 0.25) is 0 Å². The van der Waals surface area contributed by atoms with Crippen LogP contribution in [0.5, 0.6) is 0 Å². The van der Waals surface area contributed by atoms with Gasteiger partial charge in [-0.2, -0.15) is 0 Å². The van der Waals surface area contributed by atoms with Crippen molar-refractivity contribution in [2.75, 3.05) is 11.9 Å². The number of aryl methyl sites for hydroxylation is 1. The van der Waals surface area contributed by atoms with Crippen LogP contribution in [0.3, 0.4) is 0 Å². The average Bonchev–Trinajstić information content (AvgIpc) is 2.38. The first kappa shape index (κ1) is 15.3. The topological polar surface area (TPSA) is 37.8 Å². The number of aromatic nitrogens is 2. The third kappa shape index (κ3) is 4.46. The molecule has 1 aliphatic rings. The van der Waals surface area contributed by atoms with Crippen LogP contribution in [0.4, 0.5) is 5.82 Å². The predicted molar refractivity (Wildman–Crippen MR) is 85.3 cm³/mol. The number of anilines is 1. The van der Waals surface area contributed by atoms with Gasteiger partial charge in [0.2, 0.25) is 0 Å². The van der Waals surface area contributed by atoms with Gasteiger partial charge in [-0.3, -0.25) is 0 Å². The number of hydrogen-bond acceptors (Lipinski definition) is 3. The molecule has 3 heteroatoms. The van der Waals surface area contributed by atoms with E-state index in [1.807, 2.05) is 0 Å². The van der Waals surface area contributed by atoms with E-state index in [-0.39, 0.29) is 0 Å². The van der Waals surface area contributed by atoms with Crippen molar-refractivity contribution in [3.63, 3.8) is 0 Å². The molecule has 0 amide bonds. The monoisotopic (exact) mass is 275 g/mol. The van der Waals surface area contributed by atoms with Crippen molar-refractivity contribution in [1.82, 2.24) is 9.97 Å². The van der Waals surface area contributed by atoms with E-state index >= 15 is 0 Å². The van der Waals surface area contributed by atoms with Crippen LogP contribution >= 0.6 is 0 Å². The summed E-state index contributed by atoms with van der Waals surface area (Å²) in [6.07, 6.45) is 11.6. The molecule has 1 N–H and O–H groups in total. The van der Waals surface area contributed by atoms with Crippen LogP contribution in [-0.4, -0.2) is 16.5 Å². The summed E-state index contributed by atoms with van der Waals surface area (Å²) in [7, 11) is 0. The lowest BCUT2D eigenvalue weighted by molar-refractivity contribution is 0.441. The first-order valence-corrected chi connectivity index (χ1v) is 8.45. The molecule has 0 aliphatic heterocycles. The van der Waals surface area contributed by atoms with E-state index in [0.29, 0.717) is 5.92 Å². The molecule has 0 aromatic carbocycles. The van der Waals surface area contributed by atoms with E-state index in [1.165, 1.54) is 50.6 Å². The molecule has 1 heterocycles. The number of rotatable bonds is 5. The summed E-state index contributed by atoms with van der Waals surface area (Å²) < 4.78 is 0. The van der Waals surface area contributed by atoms with Crippen LogP contribution in [0.15, 0.2) is 6.07 Å². The van der Waals surface area contributed by atoms with Crippen molar-refractivity contribution < 1.29 is 0 Å². The molecular weight excluding hydrogens is 246 g/mol. The molecule has 0 spiro atoms. The molecule has 0 radical (unpaired) electrons. The first-order valence-electron chi connectivity index (χ1n) is 8.45. The van der Waals surface area contributed by atoms with Gasteiger partial charge in [0.05, 0.1) is 0 Å². The summed E-state index contributed by atoms with van der Waals surface area (Å²) in [5, 5.41) is 3.36. The van der Waals surface area contributed by atoms with Gasteiger partial charge in [0.15, 0.2) is 0 Å². The molecule has 3 nitrogen and oxygen atoms in total. The second kappa shape index (κ2) is 8.23. The zero-order chi connectivity index (χ0) is 14.2. The Labute approximate surface area is 123 Å². The standard InChI is InChI=1S/C17H29N3/c1-3-10-15-13-16(18-4-2)20-17(19-15)14-11-8-6-5-7-9-12-14/h13-14H,3-12H2,1-2H3,(H,18,19,20). The highest BCUT2D eigenvalue weighted by molar-refractivity contribution is 5.36. The molecule has 20 heavy (non-hydrogen) atoms. The molecule has 2 rings (SSSR count). The van der Waals surface area contributed by atoms with Gasteiger partial charge in [-0.25, -0.2) is 9.97 Å². The van der Waals surface area contributed by atoms with Gasteiger partial charge in [-0.15, -0.1) is 0 Å². The van der Waals surface area contributed by atoms with Gasteiger partial charge >= 0.3 is 0 Å². The van der Waals surface area contributed by atoms with Crippen molar-refractivity contribution in [2.24, 2.45) is 0 Å². The Hall–Kier alpha value is -1.12. The number of hydrogen-bond donors (Lipinski definition) is 1. The number of nitrogens with one attached hydrogen (secondary N) is 1. The zero-order valence-corrected chi connectivity index (χ0v) is 13.1. The molecule has 0 unspecified atom stereocenters. The molecule has 0 atom stereocenters. The quantitative estimate of drug-likeness (QED) is 0.847. The lowest BCUT2D eigenvalue weighted by Gasteiger charge is -2.19. The molecule has 1 aromatic rings. The van der Waals surface area contributed by atoms with Crippen molar-refractivity contribution >= 4 is 5.82 Å². The maximum absolute atomic E-state index is 4.85. The van der Waals surface area contributed by atoms with E-state index in [9.17, 15) is 0 Å². The van der Waals surface area contributed by atoms with Gasteiger partial charge in [0.25, 0.3) is 0 Å². The van der Waals surface area contributed by atoms with Crippen molar-refractivity contribution in [1.29, 1.82) is 0 Å². The van der Waals surface area contributed by atoms with Crippen LogP contribution in [-0.2, 0) is 6.42 Å². The maximum atomic E-state index is 4.85. The molecular formula is C17H29N3. The minimum Gasteiger partial charge on any atom is -0.370 e. The predicted octanol–water partition coefficient (Wildman–Crippen LogP) is 4.69. The minimum atomic E-state index is 0.574. The summed E-state index contributed by atoms with van der Waals surface area (Å²) in [6, 6.07) is 2.12. The second-order valence-electron chi connectivity index (χ2n) is 5.93. The SMILES string of the molecule is CCCc1cc(NCC)nc(C2CCCCCCC2)n1. The Morgan fingerprint density at radius 2 is 1.75 bits per heavy atom. The fourth-order valence-corrected chi connectivity index (χ4v) is 3.07. The van der Waals surface area contributed by atoms with Crippen LogP contribution in [0.25, 0.3) is 0 Å². The lowest BCUT2D eigenvalue weighted by Crippen LogP contribution is -2.11. The van der Waals surface area contributed by atoms with Crippen LogP contribution < -0.4 is 5.32 Å². The van der Waals surface area contributed by atoms with Gasteiger partial charge < -0.3 is 5.32 Å². The minimum absolute atomic E-state index is 0.574. The molecule has 112 valence electrons. The Balaban J connectivity index is 2.18. The molecule has 1 saturated carbocycles. The normalized spacial score (nSPS) is 17.5. The van der Waals surface area contributed by atoms with E-state index in [1.54, 1.807) is 0 Å². The fourth-order valence-electron chi connectivity index (χ4n) is 3.07. The summed E-state index contributed by atoms with van der Waals surface area (Å²) in [5.74, 6) is 2.68. The third-order valence-electron chi connectivity index (χ3n) is 4.13. The van der Waals surface area contributed by atoms with Crippen LogP contribution in [0, 0.1) is 0 Å². The number of nitrogens with zero attached hydrogens (tertiary/aromatic N) is 2. The largest absolute Gasteiger partial charge is 0.370 e. The van der Waals surface area contributed by atoms with Crippen LogP contribution in [0.1, 0.15) is 82.7 Å². The Bertz CT molecular complexity index is 371. The highest BCUT2D eigenvalue weighted by atomic mass is 15.0. The van der Waals surface area contributed by atoms with Gasteiger partial charge in [0, 0.05) is 24.2 Å². The Morgan fingerprint density at radius 1 is 1.05 bits per heavy atom. The maximum Gasteiger partial charge on any atom is 0.134 e. The first-order chi connectivity index (χ1) is 9.83. The highest BCUT2D eigenvalue weighted by Gasteiger charge is 2.17. The summed E-state index contributed by atoms with van der Waals surface area (Å²) >= 11 is 0. The van der Waals surface area contributed by atoms with Crippen molar-refractivity contribution in [3.05, 3.63) is 17.6 Å². The average molecular weight is 275 g/mol. The molecule has 1 aromatic heterocycles. The van der Waals surface area contributed by atoms with E-state index in [0.717, 1.165) is 31.0 Å². The van der Waals surface area contributed by atoms with Crippen molar-refractivity contribution in [2.45, 2.75) is 77.6 Å². The van der Waals surface area contributed by atoms with Crippen molar-refractivity contribution in [3.8, 4) is 0 Å². The molecule has 0 saturated heterocycles. The Kier molecular flexibility index (Phi) is 6.28. The summed E-state index contributed by atoms with van der Waals surface area (Å²) in [5.41, 5.74) is 1.20. The Morgan fingerprint density at radius 3 is 2.40 bits per heavy atom. The molecule has 1 fully saturated rings. The molecule has 1 aliphatic carbocycles. The van der Waals surface area contributed by atoms with E-state index in [4.69, 9.17) is 9.97 Å². The fraction of sp³-hybridized carbons (Fsp3) is 0.765. The van der Waals surface area contributed by atoms with E-state index in [2.05, 4.69) is 25.2 Å².